The lowest BCUT2D eigenvalue weighted by atomic mass is 9.55. The fourth-order valence-corrected chi connectivity index (χ4v) is 5.69. The lowest BCUT2D eigenvalue weighted by Crippen LogP contribution is -2.43. The van der Waals surface area contributed by atoms with Crippen LogP contribution in [-0.2, 0) is 6.42 Å². The second-order valence-electron chi connectivity index (χ2n) is 7.89. The minimum absolute atomic E-state index is 0.0913. The molecule has 0 saturated heterocycles. The number of phenols is 1. The molecule has 2 heteroatoms. The van der Waals surface area contributed by atoms with Crippen LogP contribution in [0.4, 0.5) is 0 Å². The van der Waals surface area contributed by atoms with Crippen molar-refractivity contribution in [1.29, 1.82) is 0 Å². The zero-order chi connectivity index (χ0) is 14.8. The average molecular weight is 286 g/mol. The summed E-state index contributed by atoms with van der Waals surface area (Å²) >= 11 is 0. The van der Waals surface area contributed by atoms with Gasteiger partial charge in [-0.05, 0) is 91.4 Å². The van der Waals surface area contributed by atoms with Crippen LogP contribution in [0, 0.1) is 24.2 Å². The van der Waals surface area contributed by atoms with Gasteiger partial charge in [0.05, 0.1) is 6.10 Å². The predicted molar refractivity (Wildman–Crippen MR) is 83.5 cm³/mol. The van der Waals surface area contributed by atoms with Gasteiger partial charge in [0.15, 0.2) is 0 Å². The molecule has 2 saturated carbocycles. The van der Waals surface area contributed by atoms with E-state index < -0.39 is 0 Å². The molecule has 5 atom stereocenters. The molecule has 0 aliphatic heterocycles. The molecule has 0 radical (unpaired) electrons. The summed E-state index contributed by atoms with van der Waals surface area (Å²) in [6.45, 7) is 4.33. The summed E-state index contributed by atoms with van der Waals surface area (Å²) in [5.41, 5.74) is 4.02. The van der Waals surface area contributed by atoms with Gasteiger partial charge in [-0.1, -0.05) is 13.0 Å². The Hall–Kier alpha value is -1.02. The van der Waals surface area contributed by atoms with Crippen LogP contribution in [0.5, 0.6) is 5.75 Å². The van der Waals surface area contributed by atoms with E-state index in [4.69, 9.17) is 0 Å². The van der Waals surface area contributed by atoms with E-state index in [-0.39, 0.29) is 11.5 Å². The molecule has 2 fully saturated rings. The molecule has 3 aliphatic rings. The number of hydrogen-bond donors (Lipinski definition) is 2. The van der Waals surface area contributed by atoms with Gasteiger partial charge >= 0.3 is 0 Å². The Morgan fingerprint density at radius 2 is 1.95 bits per heavy atom. The molecule has 0 spiro atoms. The highest BCUT2D eigenvalue weighted by molar-refractivity contribution is 5.45. The number of rotatable bonds is 0. The minimum atomic E-state index is -0.0913. The summed E-state index contributed by atoms with van der Waals surface area (Å²) in [5.74, 6) is 2.52. The third-order valence-electron chi connectivity index (χ3n) is 6.99. The van der Waals surface area contributed by atoms with Gasteiger partial charge in [-0.2, -0.15) is 0 Å². The molecule has 0 bridgehead atoms. The lowest BCUT2D eigenvalue weighted by Gasteiger charge is -2.50. The van der Waals surface area contributed by atoms with Crippen LogP contribution in [0.25, 0.3) is 0 Å². The average Bonchev–Trinajstić information content (AvgIpc) is 2.76. The maximum Gasteiger partial charge on any atom is 0.118 e. The van der Waals surface area contributed by atoms with Gasteiger partial charge in [-0.25, -0.2) is 0 Å². The smallest absolute Gasteiger partial charge is 0.118 e. The summed E-state index contributed by atoms with van der Waals surface area (Å²) in [4.78, 5) is 0. The number of fused-ring (bicyclic) bond motifs is 5. The molecular weight excluding hydrogens is 260 g/mol. The van der Waals surface area contributed by atoms with Crippen molar-refractivity contribution < 1.29 is 10.2 Å². The molecular formula is C19H26O2. The summed E-state index contributed by atoms with van der Waals surface area (Å²) < 4.78 is 0. The Morgan fingerprint density at radius 3 is 2.76 bits per heavy atom. The summed E-state index contributed by atoms with van der Waals surface area (Å²) in [6, 6.07) is 4.23. The molecule has 21 heavy (non-hydrogen) atoms. The third kappa shape index (κ3) is 1.81. The van der Waals surface area contributed by atoms with Crippen molar-refractivity contribution in [2.75, 3.05) is 0 Å². The summed E-state index contributed by atoms with van der Waals surface area (Å²) in [7, 11) is 0. The molecule has 114 valence electrons. The van der Waals surface area contributed by atoms with E-state index >= 15 is 0 Å². The monoisotopic (exact) mass is 286 g/mol. The van der Waals surface area contributed by atoms with Gasteiger partial charge in [0.2, 0.25) is 0 Å². The molecule has 1 aromatic rings. The molecule has 2 N–H and O–H groups in total. The standard InChI is InChI=1S/C19H26O2/c1-11-9-15-12(10-17(11)20)3-4-14-13(15)7-8-19(2)16(14)5-6-18(19)21/h9-10,13-14,16,18,20-21H,3-8H2,1-2H3/t13-,14+,16-,18?,19-/m0/s1. The van der Waals surface area contributed by atoms with Gasteiger partial charge < -0.3 is 10.2 Å². The fraction of sp³-hybridized carbons (Fsp3) is 0.684. The van der Waals surface area contributed by atoms with E-state index in [1.807, 2.05) is 13.0 Å². The van der Waals surface area contributed by atoms with E-state index in [2.05, 4.69) is 13.0 Å². The van der Waals surface area contributed by atoms with Gasteiger partial charge in [-0.15, -0.1) is 0 Å². The van der Waals surface area contributed by atoms with Crippen molar-refractivity contribution in [1.82, 2.24) is 0 Å². The van der Waals surface area contributed by atoms with E-state index in [0.29, 0.717) is 17.6 Å². The molecule has 4 rings (SSSR count). The first-order valence-electron chi connectivity index (χ1n) is 8.51. The first-order valence-corrected chi connectivity index (χ1v) is 8.51. The normalized spacial score (nSPS) is 41.3. The minimum Gasteiger partial charge on any atom is -0.508 e. The number of benzene rings is 1. The van der Waals surface area contributed by atoms with E-state index in [1.165, 1.54) is 30.4 Å². The number of aliphatic hydroxyl groups is 1. The van der Waals surface area contributed by atoms with Crippen LogP contribution < -0.4 is 0 Å². The van der Waals surface area contributed by atoms with Crippen LogP contribution >= 0.6 is 0 Å². The molecule has 1 unspecified atom stereocenters. The van der Waals surface area contributed by atoms with Gasteiger partial charge in [0, 0.05) is 0 Å². The molecule has 0 heterocycles. The van der Waals surface area contributed by atoms with Crippen LogP contribution in [0.15, 0.2) is 12.1 Å². The first-order chi connectivity index (χ1) is 10.0. The van der Waals surface area contributed by atoms with Gasteiger partial charge in [0.25, 0.3) is 0 Å². The zero-order valence-corrected chi connectivity index (χ0v) is 13.1. The van der Waals surface area contributed by atoms with Crippen molar-refractivity contribution in [3.63, 3.8) is 0 Å². The van der Waals surface area contributed by atoms with Crippen LogP contribution in [0.3, 0.4) is 0 Å². The topological polar surface area (TPSA) is 40.5 Å². The van der Waals surface area contributed by atoms with Crippen molar-refractivity contribution >= 4 is 0 Å². The Labute approximate surface area is 127 Å². The first kappa shape index (κ1) is 13.6. The number of phenolic OH excluding ortho intramolecular Hbond substituents is 1. The van der Waals surface area contributed by atoms with Crippen LogP contribution in [0.1, 0.15) is 61.6 Å². The highest BCUT2D eigenvalue weighted by Crippen LogP contribution is 2.61. The van der Waals surface area contributed by atoms with Crippen molar-refractivity contribution in [3.8, 4) is 5.75 Å². The van der Waals surface area contributed by atoms with E-state index in [1.54, 1.807) is 0 Å². The summed E-state index contributed by atoms with van der Waals surface area (Å²) in [6.07, 6.45) is 6.77. The Balaban J connectivity index is 1.73. The van der Waals surface area contributed by atoms with Crippen molar-refractivity contribution in [2.24, 2.45) is 17.3 Å². The number of aromatic hydroxyl groups is 1. The largest absolute Gasteiger partial charge is 0.508 e. The van der Waals surface area contributed by atoms with Crippen LogP contribution in [-0.4, -0.2) is 16.3 Å². The quantitative estimate of drug-likeness (QED) is 0.759. The van der Waals surface area contributed by atoms with Crippen molar-refractivity contribution in [3.05, 3.63) is 28.8 Å². The van der Waals surface area contributed by atoms with Crippen LogP contribution in [0.2, 0.25) is 0 Å². The number of aliphatic hydroxyl groups excluding tert-OH is 1. The number of aryl methyl sites for hydroxylation is 2. The van der Waals surface area contributed by atoms with E-state index in [0.717, 1.165) is 30.7 Å². The molecule has 0 amide bonds. The fourth-order valence-electron chi connectivity index (χ4n) is 5.69. The molecule has 1 aromatic carbocycles. The summed E-state index contributed by atoms with van der Waals surface area (Å²) in [5, 5.41) is 20.4. The maximum absolute atomic E-state index is 10.4. The van der Waals surface area contributed by atoms with Gasteiger partial charge in [0.1, 0.15) is 5.75 Å². The molecule has 3 aliphatic carbocycles. The zero-order valence-electron chi connectivity index (χ0n) is 13.1. The number of hydrogen-bond acceptors (Lipinski definition) is 2. The Bertz CT molecular complexity index is 579. The van der Waals surface area contributed by atoms with E-state index in [9.17, 15) is 10.2 Å². The highest BCUT2D eigenvalue weighted by Gasteiger charge is 2.54. The second-order valence-corrected chi connectivity index (χ2v) is 7.89. The Morgan fingerprint density at radius 1 is 1.14 bits per heavy atom. The Kier molecular flexibility index (Phi) is 2.91. The predicted octanol–water partition coefficient (Wildman–Crippen LogP) is 3.92. The van der Waals surface area contributed by atoms with Crippen molar-refractivity contribution in [2.45, 2.75) is 64.4 Å². The third-order valence-corrected chi connectivity index (χ3v) is 6.99. The second kappa shape index (κ2) is 4.49. The lowest BCUT2D eigenvalue weighted by molar-refractivity contribution is -0.0226. The highest BCUT2D eigenvalue weighted by atomic mass is 16.3. The van der Waals surface area contributed by atoms with Gasteiger partial charge in [-0.3, -0.25) is 0 Å². The SMILES string of the molecule is Cc1cc2c(cc1O)CC[C@@H]1[C@@H]2CC[C@]2(C)C(O)CC[C@@H]12. The molecule has 2 nitrogen and oxygen atoms in total. The molecule has 0 aromatic heterocycles. The maximum atomic E-state index is 10.4.